The van der Waals surface area contributed by atoms with Gasteiger partial charge in [-0.2, -0.15) is 0 Å². The Bertz CT molecular complexity index is 703. The van der Waals surface area contributed by atoms with Crippen molar-refractivity contribution in [3.05, 3.63) is 71.1 Å². The van der Waals surface area contributed by atoms with Crippen molar-refractivity contribution < 1.29 is 14.3 Å². The minimum atomic E-state index is -0.316. The van der Waals surface area contributed by atoms with Gasteiger partial charge in [-0.25, -0.2) is 4.79 Å². The summed E-state index contributed by atoms with van der Waals surface area (Å²) in [6, 6.07) is 11.1. The van der Waals surface area contributed by atoms with Crippen molar-refractivity contribution in [1.82, 2.24) is 4.98 Å². The van der Waals surface area contributed by atoms with Crippen LogP contribution in [0.15, 0.2) is 54.4 Å². The van der Waals surface area contributed by atoms with Crippen LogP contribution in [0, 0.1) is 0 Å². The molecule has 0 fully saturated rings. The Morgan fingerprint density at radius 1 is 1.17 bits per heavy atom. The van der Waals surface area contributed by atoms with Gasteiger partial charge in [0.2, 0.25) is 0 Å². The predicted octanol–water partition coefficient (Wildman–Crippen LogP) is 3.47. The number of rotatable bonds is 6. The summed E-state index contributed by atoms with van der Waals surface area (Å²) in [5.41, 5.74) is 2.97. The van der Waals surface area contributed by atoms with Crippen LogP contribution in [0.5, 0.6) is 0 Å². The fraction of sp³-hybridized carbons (Fsp3) is 0.211. The van der Waals surface area contributed by atoms with Gasteiger partial charge >= 0.3 is 5.97 Å². The Morgan fingerprint density at radius 2 is 1.91 bits per heavy atom. The Hall–Kier alpha value is -2.75. The highest BCUT2D eigenvalue weighted by atomic mass is 16.5. The van der Waals surface area contributed by atoms with Crippen molar-refractivity contribution in [3.63, 3.8) is 0 Å². The topological polar surface area (TPSA) is 56.3 Å². The number of ketones is 1. The van der Waals surface area contributed by atoms with Gasteiger partial charge in [0.25, 0.3) is 0 Å². The highest BCUT2D eigenvalue weighted by Crippen LogP contribution is 2.12. The third kappa shape index (κ3) is 4.88. The molecular formula is C19H19NO3. The van der Waals surface area contributed by atoms with Crippen molar-refractivity contribution in [3.8, 4) is 0 Å². The second kappa shape index (κ2) is 8.03. The number of nitrogens with zero attached hydrogens (tertiary/aromatic N) is 1. The van der Waals surface area contributed by atoms with Crippen LogP contribution in [0.2, 0.25) is 0 Å². The smallest absolute Gasteiger partial charge is 0.333 e. The number of benzene rings is 1. The van der Waals surface area contributed by atoms with Crippen molar-refractivity contribution in [2.24, 2.45) is 0 Å². The summed E-state index contributed by atoms with van der Waals surface area (Å²) in [6.07, 6.45) is 5.31. The van der Waals surface area contributed by atoms with E-state index in [1.807, 2.05) is 24.3 Å². The van der Waals surface area contributed by atoms with E-state index in [0.29, 0.717) is 24.2 Å². The molecule has 4 nitrogen and oxygen atoms in total. The summed E-state index contributed by atoms with van der Waals surface area (Å²) in [5.74, 6) is -0.285. The maximum atomic E-state index is 12.1. The lowest BCUT2D eigenvalue weighted by atomic mass is 10.0. The first-order chi connectivity index (χ1) is 11.1. The number of ether oxygens (including phenoxy) is 1. The van der Waals surface area contributed by atoms with Crippen LogP contribution in [-0.2, 0) is 16.0 Å². The number of esters is 1. The van der Waals surface area contributed by atoms with Crippen LogP contribution in [0.3, 0.4) is 0 Å². The number of hydrogen-bond acceptors (Lipinski definition) is 4. The Kier molecular flexibility index (Phi) is 5.80. The van der Waals surface area contributed by atoms with Crippen molar-refractivity contribution >= 4 is 17.8 Å². The lowest BCUT2D eigenvalue weighted by Gasteiger charge is -2.04. The van der Waals surface area contributed by atoms with Crippen LogP contribution in [0.1, 0.15) is 35.3 Å². The summed E-state index contributed by atoms with van der Waals surface area (Å²) in [5, 5.41) is 0. The van der Waals surface area contributed by atoms with Gasteiger partial charge in [-0.3, -0.25) is 9.78 Å². The largest absolute Gasteiger partial charge is 0.463 e. The SMILES string of the molecule is CCOC(=O)C(C)=Cc1ccc(CC(=O)c2cccnc2)cc1. The summed E-state index contributed by atoms with van der Waals surface area (Å²) < 4.78 is 4.94. The van der Waals surface area contributed by atoms with E-state index >= 15 is 0 Å². The van der Waals surface area contributed by atoms with E-state index in [1.165, 1.54) is 0 Å². The Morgan fingerprint density at radius 3 is 2.52 bits per heavy atom. The zero-order valence-corrected chi connectivity index (χ0v) is 13.3. The molecule has 0 spiro atoms. The Labute approximate surface area is 135 Å². The first-order valence-electron chi connectivity index (χ1n) is 7.47. The van der Waals surface area contributed by atoms with Crippen LogP contribution in [0.4, 0.5) is 0 Å². The van der Waals surface area contributed by atoms with Crippen LogP contribution >= 0.6 is 0 Å². The molecule has 0 bridgehead atoms. The van der Waals surface area contributed by atoms with Crippen LogP contribution < -0.4 is 0 Å². The van der Waals surface area contributed by atoms with Gasteiger partial charge in [-0.15, -0.1) is 0 Å². The molecule has 0 saturated carbocycles. The second-order valence-corrected chi connectivity index (χ2v) is 5.13. The molecule has 0 aliphatic heterocycles. The maximum absolute atomic E-state index is 12.1. The number of Topliss-reactive ketones (excluding diaryl/α,β-unsaturated/α-hetero) is 1. The van der Waals surface area contributed by atoms with Gasteiger partial charge < -0.3 is 4.74 Å². The lowest BCUT2D eigenvalue weighted by Crippen LogP contribution is -2.05. The molecule has 0 radical (unpaired) electrons. The third-order valence-corrected chi connectivity index (χ3v) is 3.31. The second-order valence-electron chi connectivity index (χ2n) is 5.13. The van der Waals surface area contributed by atoms with Gasteiger partial charge in [0.05, 0.1) is 6.61 Å². The molecule has 2 rings (SSSR count). The van der Waals surface area contributed by atoms with Gasteiger partial charge in [0, 0.05) is 30.0 Å². The number of hydrogen-bond donors (Lipinski definition) is 0. The monoisotopic (exact) mass is 309 g/mol. The van der Waals surface area contributed by atoms with Crippen molar-refractivity contribution in [1.29, 1.82) is 0 Å². The molecule has 0 saturated heterocycles. The standard InChI is InChI=1S/C19H19NO3/c1-3-23-19(22)14(2)11-15-6-8-16(9-7-15)12-18(21)17-5-4-10-20-13-17/h4-11,13H,3,12H2,1-2H3. The number of carbonyl (C=O) groups excluding carboxylic acids is 2. The van der Waals surface area contributed by atoms with Gasteiger partial charge in [0.1, 0.15) is 0 Å². The fourth-order valence-electron chi connectivity index (χ4n) is 2.10. The lowest BCUT2D eigenvalue weighted by molar-refractivity contribution is -0.138. The molecule has 0 atom stereocenters. The molecule has 23 heavy (non-hydrogen) atoms. The van der Waals surface area contributed by atoms with E-state index in [2.05, 4.69) is 4.98 Å². The number of carbonyl (C=O) groups is 2. The summed E-state index contributed by atoms with van der Waals surface area (Å²) in [7, 11) is 0. The molecule has 0 amide bonds. The molecule has 0 aliphatic rings. The molecular weight excluding hydrogens is 290 g/mol. The minimum Gasteiger partial charge on any atom is -0.463 e. The van der Waals surface area contributed by atoms with Crippen molar-refractivity contribution in [2.75, 3.05) is 6.61 Å². The molecule has 2 aromatic rings. The first kappa shape index (κ1) is 16.6. The molecule has 0 unspecified atom stereocenters. The van der Waals surface area contributed by atoms with E-state index in [0.717, 1.165) is 11.1 Å². The fourth-order valence-corrected chi connectivity index (χ4v) is 2.10. The Balaban J connectivity index is 2.04. The molecule has 4 heteroatoms. The zero-order chi connectivity index (χ0) is 16.7. The average Bonchev–Trinajstić information content (AvgIpc) is 2.57. The minimum absolute atomic E-state index is 0.0316. The first-order valence-corrected chi connectivity index (χ1v) is 7.47. The van der Waals surface area contributed by atoms with E-state index in [1.54, 1.807) is 44.4 Å². The van der Waals surface area contributed by atoms with Gasteiger partial charge in [-0.05, 0) is 43.2 Å². The quantitative estimate of drug-likeness (QED) is 0.466. The van der Waals surface area contributed by atoms with E-state index in [4.69, 9.17) is 4.74 Å². The van der Waals surface area contributed by atoms with Crippen LogP contribution in [-0.4, -0.2) is 23.3 Å². The predicted molar refractivity (Wildman–Crippen MR) is 89.0 cm³/mol. The van der Waals surface area contributed by atoms with E-state index < -0.39 is 0 Å². The number of aromatic nitrogens is 1. The summed E-state index contributed by atoms with van der Waals surface area (Å²) in [4.78, 5) is 27.7. The maximum Gasteiger partial charge on any atom is 0.333 e. The number of pyridine rings is 1. The summed E-state index contributed by atoms with van der Waals surface area (Å²) >= 11 is 0. The molecule has 0 aliphatic carbocycles. The molecule has 118 valence electrons. The van der Waals surface area contributed by atoms with E-state index in [9.17, 15) is 9.59 Å². The van der Waals surface area contributed by atoms with Gasteiger partial charge in [-0.1, -0.05) is 24.3 Å². The normalized spacial score (nSPS) is 11.1. The third-order valence-electron chi connectivity index (χ3n) is 3.31. The zero-order valence-electron chi connectivity index (χ0n) is 13.3. The van der Waals surface area contributed by atoms with E-state index in [-0.39, 0.29) is 11.8 Å². The van der Waals surface area contributed by atoms with Crippen LogP contribution in [0.25, 0.3) is 6.08 Å². The van der Waals surface area contributed by atoms with Crippen molar-refractivity contribution in [2.45, 2.75) is 20.3 Å². The van der Waals surface area contributed by atoms with Gasteiger partial charge in [0.15, 0.2) is 5.78 Å². The summed E-state index contributed by atoms with van der Waals surface area (Å²) in [6.45, 7) is 3.86. The molecule has 1 heterocycles. The molecule has 0 N–H and O–H groups in total. The average molecular weight is 309 g/mol. The highest BCUT2D eigenvalue weighted by Gasteiger charge is 2.07. The molecule has 1 aromatic heterocycles. The highest BCUT2D eigenvalue weighted by molar-refractivity contribution is 5.97. The molecule has 1 aromatic carbocycles.